The molecule has 0 bridgehead atoms. The lowest BCUT2D eigenvalue weighted by molar-refractivity contribution is 0.0373. The Kier molecular flexibility index (Phi) is 5.20. The zero-order chi connectivity index (χ0) is 13.7. The third-order valence-electron chi connectivity index (χ3n) is 2.43. The van der Waals surface area contributed by atoms with Gasteiger partial charge >= 0.3 is 5.97 Å². The highest BCUT2D eigenvalue weighted by atomic mass is 16.5. The second kappa shape index (κ2) is 6.43. The first kappa shape index (κ1) is 14.6. The van der Waals surface area contributed by atoms with E-state index in [1.54, 1.807) is 0 Å². The first-order valence-electron chi connectivity index (χ1n) is 6.40. The van der Waals surface area contributed by atoms with Gasteiger partial charge in [0.25, 0.3) is 0 Å². The van der Waals surface area contributed by atoms with E-state index in [4.69, 9.17) is 9.47 Å². The fraction of sp³-hybridized carbons (Fsp3) is 0.533. The van der Waals surface area contributed by atoms with E-state index in [1.165, 1.54) is 0 Å². The maximum absolute atomic E-state index is 12.0. The van der Waals surface area contributed by atoms with E-state index in [2.05, 4.69) is 0 Å². The smallest absolute Gasteiger partial charge is 0.342 e. The average Bonchev–Trinajstić information content (AvgIpc) is 2.26. The van der Waals surface area contributed by atoms with Gasteiger partial charge in [-0.1, -0.05) is 13.0 Å². The first-order chi connectivity index (χ1) is 8.45. The average molecular weight is 250 g/mol. The topological polar surface area (TPSA) is 35.5 Å². The number of carbonyl (C=O) groups excluding carboxylic acids is 1. The first-order valence-corrected chi connectivity index (χ1v) is 6.40. The highest BCUT2D eigenvalue weighted by Gasteiger charge is 2.18. The third-order valence-corrected chi connectivity index (χ3v) is 2.43. The molecule has 0 heterocycles. The van der Waals surface area contributed by atoms with Crippen LogP contribution in [0.1, 0.15) is 48.7 Å². The molecule has 1 aromatic rings. The minimum Gasteiger partial charge on any atom is -0.492 e. The molecular formula is C15H22O3. The summed E-state index contributed by atoms with van der Waals surface area (Å²) < 4.78 is 10.9. The van der Waals surface area contributed by atoms with Crippen molar-refractivity contribution in [3.05, 3.63) is 28.8 Å². The van der Waals surface area contributed by atoms with Crippen molar-refractivity contribution in [1.82, 2.24) is 0 Å². The molecule has 0 spiro atoms. The van der Waals surface area contributed by atoms with E-state index in [0.29, 0.717) is 17.9 Å². The van der Waals surface area contributed by atoms with Crippen LogP contribution in [-0.2, 0) is 4.74 Å². The molecule has 0 unspecified atom stereocenters. The van der Waals surface area contributed by atoms with Gasteiger partial charge in [-0.2, -0.15) is 0 Å². The molecule has 100 valence electrons. The number of hydrogen-bond acceptors (Lipinski definition) is 3. The maximum atomic E-state index is 12.0. The molecule has 0 saturated heterocycles. The van der Waals surface area contributed by atoms with Crippen LogP contribution in [0, 0.1) is 13.8 Å². The molecule has 0 aliphatic rings. The minimum atomic E-state index is -0.317. The van der Waals surface area contributed by atoms with E-state index >= 15 is 0 Å². The van der Waals surface area contributed by atoms with Crippen LogP contribution in [0.4, 0.5) is 0 Å². The van der Waals surface area contributed by atoms with E-state index < -0.39 is 0 Å². The summed E-state index contributed by atoms with van der Waals surface area (Å²) in [6, 6.07) is 3.83. The van der Waals surface area contributed by atoms with Gasteiger partial charge in [0.05, 0.1) is 12.7 Å². The van der Waals surface area contributed by atoms with Crippen LogP contribution >= 0.6 is 0 Å². The summed E-state index contributed by atoms with van der Waals surface area (Å²) in [5.74, 6) is 0.330. The van der Waals surface area contributed by atoms with Gasteiger partial charge < -0.3 is 9.47 Å². The van der Waals surface area contributed by atoms with Crippen molar-refractivity contribution in [1.29, 1.82) is 0 Å². The number of rotatable bonds is 5. The Labute approximate surface area is 109 Å². The summed E-state index contributed by atoms with van der Waals surface area (Å²) in [6.45, 7) is 10.2. The lowest BCUT2D eigenvalue weighted by Crippen LogP contribution is -2.14. The zero-order valence-electron chi connectivity index (χ0n) is 11.9. The highest BCUT2D eigenvalue weighted by Crippen LogP contribution is 2.26. The number of esters is 1. The van der Waals surface area contributed by atoms with Crippen LogP contribution in [0.3, 0.4) is 0 Å². The predicted octanol–water partition coefficient (Wildman–Crippen LogP) is 3.66. The Morgan fingerprint density at radius 1 is 1.28 bits per heavy atom. The van der Waals surface area contributed by atoms with Crippen molar-refractivity contribution in [2.75, 3.05) is 6.61 Å². The Morgan fingerprint density at radius 2 is 1.94 bits per heavy atom. The van der Waals surface area contributed by atoms with Crippen LogP contribution in [0.15, 0.2) is 12.1 Å². The standard InChI is InChI=1S/C15H22O3/c1-6-7-17-14-12(5)8-11(4)9-13(14)15(16)18-10(2)3/h8-10H,6-7H2,1-5H3. The largest absolute Gasteiger partial charge is 0.492 e. The molecule has 0 aliphatic heterocycles. The molecule has 3 nitrogen and oxygen atoms in total. The van der Waals surface area contributed by atoms with Crippen LogP contribution in [0.5, 0.6) is 5.75 Å². The SMILES string of the molecule is CCCOc1c(C)cc(C)cc1C(=O)OC(C)C. The molecule has 18 heavy (non-hydrogen) atoms. The molecule has 0 aliphatic carbocycles. The Balaban J connectivity index is 3.10. The molecule has 0 N–H and O–H groups in total. The van der Waals surface area contributed by atoms with Crippen molar-refractivity contribution in [2.45, 2.75) is 47.1 Å². The van der Waals surface area contributed by atoms with Gasteiger partial charge in [0.2, 0.25) is 0 Å². The second-order valence-electron chi connectivity index (χ2n) is 4.76. The van der Waals surface area contributed by atoms with Gasteiger partial charge in [-0.05, 0) is 51.3 Å². The van der Waals surface area contributed by atoms with Crippen molar-refractivity contribution < 1.29 is 14.3 Å². The molecule has 0 atom stereocenters. The zero-order valence-corrected chi connectivity index (χ0v) is 11.9. The van der Waals surface area contributed by atoms with Crippen molar-refractivity contribution in [2.24, 2.45) is 0 Å². The fourth-order valence-corrected chi connectivity index (χ4v) is 1.78. The van der Waals surface area contributed by atoms with Gasteiger partial charge in [0, 0.05) is 0 Å². The number of hydrogen-bond donors (Lipinski definition) is 0. The third kappa shape index (κ3) is 3.76. The normalized spacial score (nSPS) is 10.6. The van der Waals surface area contributed by atoms with E-state index in [1.807, 2.05) is 46.8 Å². The van der Waals surface area contributed by atoms with Crippen LogP contribution in [-0.4, -0.2) is 18.7 Å². The molecule has 0 saturated carbocycles. The maximum Gasteiger partial charge on any atom is 0.342 e. The lowest BCUT2D eigenvalue weighted by Gasteiger charge is -2.15. The van der Waals surface area contributed by atoms with E-state index in [9.17, 15) is 4.79 Å². The molecule has 0 radical (unpaired) electrons. The summed E-state index contributed by atoms with van der Waals surface area (Å²) in [5.41, 5.74) is 2.53. The van der Waals surface area contributed by atoms with E-state index in [-0.39, 0.29) is 12.1 Å². The molecule has 1 aromatic carbocycles. The van der Waals surface area contributed by atoms with Gasteiger partial charge in [0.15, 0.2) is 0 Å². The van der Waals surface area contributed by atoms with Crippen LogP contribution < -0.4 is 4.74 Å². The second-order valence-corrected chi connectivity index (χ2v) is 4.76. The van der Waals surface area contributed by atoms with Crippen LogP contribution in [0.2, 0.25) is 0 Å². The summed E-state index contributed by atoms with van der Waals surface area (Å²) in [7, 11) is 0. The predicted molar refractivity (Wildman–Crippen MR) is 72.3 cm³/mol. The fourth-order valence-electron chi connectivity index (χ4n) is 1.78. The summed E-state index contributed by atoms with van der Waals surface area (Å²) in [6.07, 6.45) is 0.781. The quantitative estimate of drug-likeness (QED) is 0.748. The molecule has 0 aromatic heterocycles. The summed E-state index contributed by atoms with van der Waals surface area (Å²) in [5, 5.41) is 0. The summed E-state index contributed by atoms with van der Waals surface area (Å²) >= 11 is 0. The summed E-state index contributed by atoms with van der Waals surface area (Å²) in [4.78, 5) is 12.0. The van der Waals surface area contributed by atoms with E-state index in [0.717, 1.165) is 17.5 Å². The highest BCUT2D eigenvalue weighted by molar-refractivity contribution is 5.93. The molecule has 1 rings (SSSR count). The van der Waals surface area contributed by atoms with Gasteiger partial charge in [-0.3, -0.25) is 0 Å². The van der Waals surface area contributed by atoms with Crippen molar-refractivity contribution >= 4 is 5.97 Å². The number of carbonyl (C=O) groups is 1. The Morgan fingerprint density at radius 3 is 2.50 bits per heavy atom. The van der Waals surface area contributed by atoms with Gasteiger partial charge in [-0.25, -0.2) is 4.79 Å². The number of ether oxygens (including phenoxy) is 2. The Hall–Kier alpha value is -1.51. The number of benzene rings is 1. The van der Waals surface area contributed by atoms with Crippen LogP contribution in [0.25, 0.3) is 0 Å². The molecular weight excluding hydrogens is 228 g/mol. The monoisotopic (exact) mass is 250 g/mol. The minimum absolute atomic E-state index is 0.127. The molecule has 0 fully saturated rings. The molecule has 0 amide bonds. The van der Waals surface area contributed by atoms with Crippen molar-refractivity contribution in [3.8, 4) is 5.75 Å². The Bertz CT molecular complexity index is 422. The number of aryl methyl sites for hydroxylation is 2. The van der Waals surface area contributed by atoms with Gasteiger partial charge in [0.1, 0.15) is 11.3 Å². The molecule has 3 heteroatoms. The van der Waals surface area contributed by atoms with Gasteiger partial charge in [-0.15, -0.1) is 0 Å². The lowest BCUT2D eigenvalue weighted by atomic mass is 10.1. The van der Waals surface area contributed by atoms with Crippen molar-refractivity contribution in [3.63, 3.8) is 0 Å².